The van der Waals surface area contributed by atoms with Gasteiger partial charge in [0.1, 0.15) is 12.2 Å². The van der Waals surface area contributed by atoms with Gasteiger partial charge in [-0.2, -0.15) is 0 Å². The molecule has 9 heteroatoms. The van der Waals surface area contributed by atoms with Crippen molar-refractivity contribution in [1.29, 1.82) is 0 Å². The highest BCUT2D eigenvalue weighted by atomic mass is 16.5. The first-order valence-corrected chi connectivity index (χ1v) is 11.7. The van der Waals surface area contributed by atoms with Gasteiger partial charge in [0.25, 0.3) is 0 Å². The minimum Gasteiger partial charge on any atom is -0.493 e. The average Bonchev–Trinajstić information content (AvgIpc) is 3.04. The van der Waals surface area contributed by atoms with Gasteiger partial charge >= 0.3 is 0 Å². The second kappa shape index (κ2) is 9.25. The maximum absolute atomic E-state index is 12.9. The van der Waals surface area contributed by atoms with Gasteiger partial charge in [0.05, 0.1) is 14.2 Å². The Kier molecular flexibility index (Phi) is 6.02. The van der Waals surface area contributed by atoms with E-state index in [1.165, 1.54) is 19.3 Å². The van der Waals surface area contributed by atoms with Gasteiger partial charge in [0, 0.05) is 43.7 Å². The molecule has 4 heterocycles. The maximum atomic E-state index is 12.9. The Bertz CT molecular complexity index is 1150. The van der Waals surface area contributed by atoms with Crippen molar-refractivity contribution in [2.24, 2.45) is 5.92 Å². The summed E-state index contributed by atoms with van der Waals surface area (Å²) >= 11 is 0. The number of fused-ring (bicyclic) bond motifs is 3. The number of rotatable bonds is 5. The van der Waals surface area contributed by atoms with Gasteiger partial charge in [-0.25, -0.2) is 15.0 Å². The summed E-state index contributed by atoms with van der Waals surface area (Å²) in [5, 5.41) is 3.03. The third-order valence-electron chi connectivity index (χ3n) is 6.69. The van der Waals surface area contributed by atoms with Gasteiger partial charge in [-0.15, -0.1) is 0 Å². The highest BCUT2D eigenvalue weighted by Crippen LogP contribution is 2.32. The molecule has 174 valence electrons. The number of carbonyl (C=O) groups is 1. The standard InChI is InChI=1S/C24H30N6O3/c1-32-18-8-7-17(14-19(18)33-2)27-24(31)16-9-12-29(13-10-16)22-21-23(26-15-25-22)30-11-5-3-4-6-20(30)28-21/h7-8,14-16H,3-6,9-13H2,1-2H3,(H,27,31). The lowest BCUT2D eigenvalue weighted by atomic mass is 9.95. The monoisotopic (exact) mass is 450 g/mol. The Morgan fingerprint density at radius 2 is 1.85 bits per heavy atom. The molecule has 9 nitrogen and oxygen atoms in total. The SMILES string of the molecule is COc1ccc(NC(=O)C2CCN(c3ncnc4c3nc3n4CCCCC3)CC2)cc1OC. The second-order valence-electron chi connectivity index (χ2n) is 8.68. The van der Waals surface area contributed by atoms with E-state index < -0.39 is 0 Å². The number of benzene rings is 1. The zero-order valence-corrected chi connectivity index (χ0v) is 19.2. The number of hydrogen-bond acceptors (Lipinski definition) is 7. The van der Waals surface area contributed by atoms with Crippen molar-refractivity contribution >= 4 is 28.6 Å². The number of ether oxygens (including phenoxy) is 2. The zero-order valence-electron chi connectivity index (χ0n) is 19.2. The van der Waals surface area contributed by atoms with Crippen LogP contribution in [0.5, 0.6) is 11.5 Å². The molecule has 0 aliphatic carbocycles. The van der Waals surface area contributed by atoms with Crippen molar-refractivity contribution in [2.45, 2.75) is 45.1 Å². The molecular weight excluding hydrogens is 420 g/mol. The molecule has 1 N–H and O–H groups in total. The average molecular weight is 451 g/mol. The topological polar surface area (TPSA) is 94.4 Å². The molecular formula is C24H30N6O3. The molecule has 0 bridgehead atoms. The van der Waals surface area contributed by atoms with Gasteiger partial charge in [-0.1, -0.05) is 6.42 Å². The summed E-state index contributed by atoms with van der Waals surface area (Å²) in [4.78, 5) is 29.2. The molecule has 0 saturated carbocycles. The fraction of sp³-hybridized carbons (Fsp3) is 0.500. The van der Waals surface area contributed by atoms with Crippen molar-refractivity contribution in [2.75, 3.05) is 37.5 Å². The molecule has 0 atom stereocenters. The predicted molar refractivity (Wildman–Crippen MR) is 126 cm³/mol. The van der Waals surface area contributed by atoms with Crippen LogP contribution in [0.25, 0.3) is 11.2 Å². The predicted octanol–water partition coefficient (Wildman–Crippen LogP) is 3.43. The van der Waals surface area contributed by atoms with E-state index in [4.69, 9.17) is 14.5 Å². The first-order chi connectivity index (χ1) is 16.2. The number of aromatic nitrogens is 4. The molecule has 1 aromatic carbocycles. The number of nitrogens with zero attached hydrogens (tertiary/aromatic N) is 5. The molecule has 0 unspecified atom stereocenters. The molecule has 0 spiro atoms. The van der Waals surface area contributed by atoms with Crippen LogP contribution in [-0.4, -0.2) is 52.7 Å². The number of carbonyl (C=O) groups excluding carboxylic acids is 1. The van der Waals surface area contributed by atoms with Gasteiger partial charge in [-0.3, -0.25) is 4.79 Å². The van der Waals surface area contributed by atoms with E-state index in [9.17, 15) is 4.79 Å². The number of hydrogen-bond donors (Lipinski definition) is 1. The molecule has 1 saturated heterocycles. The lowest BCUT2D eigenvalue weighted by Gasteiger charge is -2.32. The van der Waals surface area contributed by atoms with Gasteiger partial charge in [-0.05, 0) is 37.8 Å². The highest BCUT2D eigenvalue weighted by Gasteiger charge is 2.28. The van der Waals surface area contributed by atoms with Crippen LogP contribution in [0.2, 0.25) is 0 Å². The molecule has 1 amide bonds. The highest BCUT2D eigenvalue weighted by molar-refractivity contribution is 5.93. The number of amides is 1. The van der Waals surface area contributed by atoms with E-state index in [0.717, 1.165) is 61.7 Å². The Morgan fingerprint density at radius 3 is 2.64 bits per heavy atom. The lowest BCUT2D eigenvalue weighted by Crippen LogP contribution is -2.38. The quantitative estimate of drug-likeness (QED) is 0.636. The summed E-state index contributed by atoms with van der Waals surface area (Å²) in [6.07, 6.45) is 7.74. The van der Waals surface area contributed by atoms with Crippen LogP contribution in [-0.2, 0) is 17.8 Å². The van der Waals surface area contributed by atoms with Gasteiger partial charge < -0.3 is 24.3 Å². The minimum absolute atomic E-state index is 0.0309. The third-order valence-corrected chi connectivity index (χ3v) is 6.69. The fourth-order valence-electron chi connectivity index (χ4n) is 4.87. The van der Waals surface area contributed by atoms with Gasteiger partial charge in [0.2, 0.25) is 5.91 Å². The number of methoxy groups -OCH3 is 2. The first-order valence-electron chi connectivity index (χ1n) is 11.7. The number of imidazole rings is 1. The summed E-state index contributed by atoms with van der Waals surface area (Å²) in [5.41, 5.74) is 2.53. The molecule has 2 aromatic heterocycles. The molecule has 5 rings (SSSR count). The third kappa shape index (κ3) is 4.19. The lowest BCUT2D eigenvalue weighted by molar-refractivity contribution is -0.120. The number of aryl methyl sites for hydroxylation is 2. The van der Waals surface area contributed by atoms with Crippen molar-refractivity contribution in [3.05, 3.63) is 30.4 Å². The summed E-state index contributed by atoms with van der Waals surface area (Å²) in [6.45, 7) is 2.50. The van der Waals surface area contributed by atoms with E-state index in [1.807, 2.05) is 6.07 Å². The largest absolute Gasteiger partial charge is 0.493 e. The van der Waals surface area contributed by atoms with Crippen LogP contribution in [0.15, 0.2) is 24.5 Å². The van der Waals surface area contributed by atoms with E-state index in [2.05, 4.69) is 24.8 Å². The van der Waals surface area contributed by atoms with E-state index >= 15 is 0 Å². The van der Waals surface area contributed by atoms with Crippen molar-refractivity contribution in [1.82, 2.24) is 19.5 Å². The summed E-state index contributed by atoms with van der Waals surface area (Å²) in [7, 11) is 3.18. The Balaban J connectivity index is 1.27. The Labute approximate surface area is 193 Å². The number of anilines is 2. The fourth-order valence-corrected chi connectivity index (χ4v) is 4.87. The van der Waals surface area contributed by atoms with Crippen LogP contribution in [0.3, 0.4) is 0 Å². The van der Waals surface area contributed by atoms with Crippen LogP contribution in [0, 0.1) is 5.92 Å². The van der Waals surface area contributed by atoms with Crippen LogP contribution in [0.1, 0.15) is 37.9 Å². The first kappa shape index (κ1) is 21.5. The number of nitrogens with one attached hydrogen (secondary N) is 1. The van der Waals surface area contributed by atoms with Crippen molar-refractivity contribution < 1.29 is 14.3 Å². The Morgan fingerprint density at radius 1 is 1.03 bits per heavy atom. The van der Waals surface area contributed by atoms with Crippen LogP contribution >= 0.6 is 0 Å². The zero-order chi connectivity index (χ0) is 22.8. The van der Waals surface area contributed by atoms with Crippen molar-refractivity contribution in [3.63, 3.8) is 0 Å². The minimum atomic E-state index is -0.0506. The molecule has 33 heavy (non-hydrogen) atoms. The Hall–Kier alpha value is -3.36. The molecule has 2 aliphatic rings. The molecule has 1 fully saturated rings. The smallest absolute Gasteiger partial charge is 0.227 e. The van der Waals surface area contributed by atoms with Crippen molar-refractivity contribution in [3.8, 4) is 11.5 Å². The van der Waals surface area contributed by atoms with E-state index in [-0.39, 0.29) is 11.8 Å². The molecule has 0 radical (unpaired) electrons. The van der Waals surface area contributed by atoms with Crippen LogP contribution < -0.4 is 19.7 Å². The van der Waals surface area contributed by atoms with E-state index in [1.54, 1.807) is 32.7 Å². The molecule has 2 aliphatic heterocycles. The molecule has 3 aromatic rings. The maximum Gasteiger partial charge on any atom is 0.227 e. The summed E-state index contributed by atoms with van der Waals surface area (Å²) in [6, 6.07) is 5.41. The summed E-state index contributed by atoms with van der Waals surface area (Å²) < 4.78 is 12.9. The normalized spacial score (nSPS) is 16.8. The van der Waals surface area contributed by atoms with Gasteiger partial charge in [0.15, 0.2) is 28.5 Å². The number of piperidine rings is 1. The van der Waals surface area contributed by atoms with Crippen LogP contribution in [0.4, 0.5) is 11.5 Å². The second-order valence-corrected chi connectivity index (χ2v) is 8.68. The van der Waals surface area contributed by atoms with E-state index in [0.29, 0.717) is 17.2 Å². The summed E-state index contributed by atoms with van der Waals surface area (Å²) in [5.74, 6) is 3.22.